The highest BCUT2D eigenvalue weighted by Gasteiger charge is 2.25. The maximum atomic E-state index is 12.7. The van der Waals surface area contributed by atoms with Gasteiger partial charge in [0.05, 0.1) is 6.61 Å². The van der Waals surface area contributed by atoms with Crippen molar-refractivity contribution in [2.75, 3.05) is 19.7 Å². The highest BCUT2D eigenvalue weighted by atomic mass is 16.6. The first-order chi connectivity index (χ1) is 16.1. The summed E-state index contributed by atoms with van der Waals surface area (Å²) in [6.07, 6.45) is 7.53. The summed E-state index contributed by atoms with van der Waals surface area (Å²) in [6, 6.07) is 3.57. The van der Waals surface area contributed by atoms with Crippen LogP contribution in [-0.4, -0.2) is 67.3 Å². The van der Waals surface area contributed by atoms with E-state index in [4.69, 9.17) is 9.26 Å². The van der Waals surface area contributed by atoms with Crippen LogP contribution in [0.25, 0.3) is 17.3 Å². The predicted molar refractivity (Wildman–Crippen MR) is 118 cm³/mol. The fourth-order valence-corrected chi connectivity index (χ4v) is 3.63. The van der Waals surface area contributed by atoms with E-state index in [0.717, 1.165) is 18.4 Å². The molecule has 1 fully saturated rings. The molecule has 3 aromatic heterocycles. The van der Waals surface area contributed by atoms with Gasteiger partial charge in [-0.1, -0.05) is 12.1 Å². The van der Waals surface area contributed by atoms with Crippen molar-refractivity contribution in [3.05, 3.63) is 42.4 Å². The van der Waals surface area contributed by atoms with Gasteiger partial charge in [-0.3, -0.25) is 9.36 Å². The summed E-state index contributed by atoms with van der Waals surface area (Å²) >= 11 is 0. The molecule has 3 aromatic rings. The van der Waals surface area contributed by atoms with Crippen LogP contribution in [0, 0.1) is 0 Å². The van der Waals surface area contributed by atoms with Gasteiger partial charge in [0, 0.05) is 43.5 Å². The predicted octanol–water partition coefficient (Wildman–Crippen LogP) is 2.62. The van der Waals surface area contributed by atoms with Crippen LogP contribution >= 0.6 is 0 Å². The minimum absolute atomic E-state index is 0.0235. The lowest BCUT2D eigenvalue weighted by Crippen LogP contribution is -2.46. The maximum absolute atomic E-state index is 12.7. The highest BCUT2D eigenvalue weighted by Crippen LogP contribution is 2.20. The first-order valence-corrected chi connectivity index (χ1v) is 11.1. The van der Waals surface area contributed by atoms with Crippen LogP contribution in [0.4, 0.5) is 4.79 Å². The summed E-state index contributed by atoms with van der Waals surface area (Å²) in [5.41, 5.74) is 1.03. The Labute approximate surface area is 191 Å². The molecule has 33 heavy (non-hydrogen) atoms. The normalized spacial score (nSPS) is 14.3. The number of piperidine rings is 1. The van der Waals surface area contributed by atoms with E-state index in [0.29, 0.717) is 50.1 Å². The number of imidazole rings is 1. The molecule has 0 radical (unpaired) electrons. The molecule has 1 saturated heterocycles. The zero-order chi connectivity index (χ0) is 23.2. The molecule has 4 rings (SSSR count). The largest absolute Gasteiger partial charge is 0.450 e. The molecule has 1 N–H and O–H groups in total. The lowest BCUT2D eigenvalue weighted by atomic mass is 10.1. The van der Waals surface area contributed by atoms with Gasteiger partial charge in [-0.2, -0.15) is 4.98 Å². The Morgan fingerprint density at radius 3 is 2.82 bits per heavy atom. The van der Waals surface area contributed by atoms with Crippen molar-refractivity contribution < 1.29 is 18.8 Å². The van der Waals surface area contributed by atoms with Gasteiger partial charge in [0.1, 0.15) is 17.8 Å². The number of hydrogen-bond donors (Lipinski definition) is 1. The first kappa shape index (κ1) is 22.4. The molecule has 0 aliphatic carbocycles. The van der Waals surface area contributed by atoms with Crippen LogP contribution in [0.15, 0.2) is 35.4 Å². The van der Waals surface area contributed by atoms with Gasteiger partial charge in [-0.15, -0.1) is 0 Å². The van der Waals surface area contributed by atoms with Gasteiger partial charge < -0.3 is 19.5 Å². The number of ether oxygens (including phenoxy) is 1. The second-order valence-corrected chi connectivity index (χ2v) is 7.77. The van der Waals surface area contributed by atoms with Crippen LogP contribution in [-0.2, 0) is 11.2 Å². The number of nitrogens with zero attached hydrogens (tertiary/aromatic N) is 6. The van der Waals surface area contributed by atoms with E-state index in [-0.39, 0.29) is 23.7 Å². The topological polar surface area (TPSA) is 128 Å². The molecule has 0 spiro atoms. The highest BCUT2D eigenvalue weighted by molar-refractivity contribution is 5.92. The molecule has 0 saturated carbocycles. The van der Waals surface area contributed by atoms with Crippen molar-refractivity contribution in [1.82, 2.24) is 34.9 Å². The Kier molecular flexibility index (Phi) is 6.96. The monoisotopic (exact) mass is 453 g/mol. The van der Waals surface area contributed by atoms with Crippen LogP contribution in [0.3, 0.4) is 0 Å². The van der Waals surface area contributed by atoms with E-state index < -0.39 is 0 Å². The standard InChI is InChI=1S/C22H27N7O4/c1-3-5-18-26-21(33-27-18)15-6-9-23-19(12-15)29-13-17(24-14-29)20(30)25-16-7-10-28(11-8-16)22(31)32-4-2/h6,9,12-14,16H,3-5,7-8,10-11H2,1-2H3,(H,25,30). The molecule has 174 valence electrons. The number of nitrogens with one attached hydrogen (secondary N) is 1. The average molecular weight is 454 g/mol. The average Bonchev–Trinajstić information content (AvgIpc) is 3.50. The molecule has 1 aliphatic rings. The zero-order valence-electron chi connectivity index (χ0n) is 18.7. The smallest absolute Gasteiger partial charge is 0.409 e. The van der Waals surface area contributed by atoms with E-state index in [2.05, 4.69) is 32.3 Å². The van der Waals surface area contributed by atoms with Crippen LogP contribution in [0.1, 0.15) is 49.4 Å². The number of rotatable bonds is 7. The fourth-order valence-electron chi connectivity index (χ4n) is 3.63. The molecule has 11 nitrogen and oxygen atoms in total. The summed E-state index contributed by atoms with van der Waals surface area (Å²) < 4.78 is 12.0. The van der Waals surface area contributed by atoms with Gasteiger partial charge in [0.25, 0.3) is 11.8 Å². The van der Waals surface area contributed by atoms with Crippen molar-refractivity contribution >= 4 is 12.0 Å². The van der Waals surface area contributed by atoms with Crippen molar-refractivity contribution in [1.29, 1.82) is 0 Å². The van der Waals surface area contributed by atoms with E-state index in [1.165, 1.54) is 0 Å². The Bertz CT molecular complexity index is 1100. The molecule has 2 amide bonds. The zero-order valence-corrected chi connectivity index (χ0v) is 18.7. The van der Waals surface area contributed by atoms with Crippen molar-refractivity contribution in [3.63, 3.8) is 0 Å². The number of aromatic nitrogens is 5. The maximum Gasteiger partial charge on any atom is 0.409 e. The van der Waals surface area contributed by atoms with Crippen LogP contribution in [0.5, 0.6) is 0 Å². The minimum Gasteiger partial charge on any atom is -0.450 e. The Balaban J connectivity index is 1.38. The van der Waals surface area contributed by atoms with E-state index in [9.17, 15) is 9.59 Å². The van der Waals surface area contributed by atoms with E-state index in [1.807, 2.05) is 0 Å². The molecule has 11 heteroatoms. The number of likely N-dealkylation sites (tertiary alicyclic amines) is 1. The van der Waals surface area contributed by atoms with Crippen molar-refractivity contribution in [3.8, 4) is 17.3 Å². The second kappa shape index (κ2) is 10.2. The summed E-state index contributed by atoms with van der Waals surface area (Å²) in [4.78, 5) is 39.2. The van der Waals surface area contributed by atoms with Crippen LogP contribution < -0.4 is 5.32 Å². The lowest BCUT2D eigenvalue weighted by molar-refractivity contribution is 0.0857. The number of carbonyl (C=O) groups excluding carboxylic acids is 2. The Morgan fingerprint density at radius 1 is 1.24 bits per heavy atom. The molecule has 1 aliphatic heterocycles. The number of pyridine rings is 1. The quantitative estimate of drug-likeness (QED) is 0.578. The van der Waals surface area contributed by atoms with E-state index in [1.54, 1.807) is 47.2 Å². The molecule has 4 heterocycles. The third-order valence-corrected chi connectivity index (χ3v) is 5.37. The molecule has 0 aromatic carbocycles. The van der Waals surface area contributed by atoms with Gasteiger partial charge in [0.15, 0.2) is 5.82 Å². The molecule has 0 atom stereocenters. The molecular formula is C22H27N7O4. The summed E-state index contributed by atoms with van der Waals surface area (Å²) in [5.74, 6) is 1.41. The van der Waals surface area contributed by atoms with Gasteiger partial charge >= 0.3 is 6.09 Å². The van der Waals surface area contributed by atoms with E-state index >= 15 is 0 Å². The minimum atomic E-state index is -0.308. The number of hydrogen-bond acceptors (Lipinski definition) is 8. The molecule has 0 unspecified atom stereocenters. The van der Waals surface area contributed by atoms with Gasteiger partial charge in [-0.25, -0.2) is 14.8 Å². The summed E-state index contributed by atoms with van der Waals surface area (Å²) in [5, 5.41) is 6.98. The van der Waals surface area contributed by atoms with Gasteiger partial charge in [0.2, 0.25) is 0 Å². The third-order valence-electron chi connectivity index (χ3n) is 5.37. The summed E-state index contributed by atoms with van der Waals surface area (Å²) in [6.45, 7) is 5.28. The number of aryl methyl sites for hydroxylation is 1. The fraction of sp³-hybridized carbons (Fsp3) is 0.455. The third kappa shape index (κ3) is 5.36. The first-order valence-electron chi connectivity index (χ1n) is 11.1. The van der Waals surface area contributed by atoms with Crippen molar-refractivity contribution in [2.24, 2.45) is 0 Å². The summed E-state index contributed by atoms with van der Waals surface area (Å²) in [7, 11) is 0. The number of amides is 2. The Hall–Kier alpha value is -3.76. The number of carbonyl (C=O) groups is 2. The SMILES string of the molecule is CCCc1noc(-c2ccnc(-n3cnc(C(=O)NC4CCN(C(=O)OCC)CC4)c3)c2)n1. The second-order valence-electron chi connectivity index (χ2n) is 7.77. The Morgan fingerprint density at radius 2 is 2.06 bits per heavy atom. The van der Waals surface area contributed by atoms with Gasteiger partial charge in [-0.05, 0) is 38.3 Å². The van der Waals surface area contributed by atoms with Crippen LogP contribution in [0.2, 0.25) is 0 Å². The lowest BCUT2D eigenvalue weighted by Gasteiger charge is -2.31. The molecule has 0 bridgehead atoms. The molecular weight excluding hydrogens is 426 g/mol. The van der Waals surface area contributed by atoms with Crippen molar-refractivity contribution in [2.45, 2.75) is 45.6 Å².